The highest BCUT2D eigenvalue weighted by Gasteiger charge is 2.44. The van der Waals surface area contributed by atoms with Gasteiger partial charge in [-0.15, -0.1) is 0 Å². The van der Waals surface area contributed by atoms with Crippen LogP contribution in [0.4, 0.5) is 0 Å². The van der Waals surface area contributed by atoms with Crippen LogP contribution in [0, 0.1) is 29.1 Å². The predicted octanol–water partition coefficient (Wildman–Crippen LogP) is 6.78. The molecule has 5 nitrogen and oxygen atoms in total. The van der Waals surface area contributed by atoms with Gasteiger partial charge in [0.2, 0.25) is 0 Å². The molecule has 0 radical (unpaired) electrons. The lowest BCUT2D eigenvalue weighted by Crippen LogP contribution is -2.28. The summed E-state index contributed by atoms with van der Waals surface area (Å²) in [5.74, 6) is -0.271. The van der Waals surface area contributed by atoms with Crippen LogP contribution in [-0.4, -0.2) is 39.6 Å². The number of carbonyl (C=O) groups is 1. The molecule has 0 bridgehead atoms. The molecule has 0 unspecified atom stereocenters. The first-order chi connectivity index (χ1) is 19.7. The van der Waals surface area contributed by atoms with Gasteiger partial charge in [-0.05, 0) is 54.1 Å². The summed E-state index contributed by atoms with van der Waals surface area (Å²) >= 11 is 0. The normalized spacial score (nSPS) is 27.1. The van der Waals surface area contributed by atoms with Crippen LogP contribution in [0.25, 0.3) is 0 Å². The number of unbranched alkanes of at least 4 members (excludes halogenated alkanes) is 1. The summed E-state index contributed by atoms with van der Waals surface area (Å²) in [5.41, 5.74) is 1.69. The second kappa shape index (κ2) is 14.4. The Morgan fingerprint density at radius 1 is 0.951 bits per heavy atom. The van der Waals surface area contributed by atoms with Crippen LogP contribution in [0.3, 0.4) is 0 Å². The van der Waals surface area contributed by atoms with Gasteiger partial charge in [-0.1, -0.05) is 119 Å². The summed E-state index contributed by atoms with van der Waals surface area (Å²) in [5, 5.41) is 32.0. The molecule has 2 aliphatic carbocycles. The highest BCUT2D eigenvalue weighted by molar-refractivity contribution is 5.76. The first-order valence-corrected chi connectivity index (χ1v) is 15.4. The number of hydrogen-bond donors (Lipinski definition) is 3. The fourth-order valence-electron chi connectivity index (χ4n) is 6.09. The predicted molar refractivity (Wildman–Crippen MR) is 163 cm³/mol. The summed E-state index contributed by atoms with van der Waals surface area (Å²) in [6.45, 7) is 6.29. The Morgan fingerprint density at radius 3 is 2.17 bits per heavy atom. The number of aliphatic hydroxyl groups is 3. The number of benzene rings is 2. The van der Waals surface area contributed by atoms with E-state index < -0.39 is 24.4 Å². The van der Waals surface area contributed by atoms with Gasteiger partial charge < -0.3 is 20.1 Å². The molecule has 2 saturated carbocycles. The maximum Gasteiger partial charge on any atom is 0.310 e. The number of aliphatic hydroxyl groups excluding tert-OH is 3. The summed E-state index contributed by atoms with van der Waals surface area (Å²) in [6, 6.07) is 19.7. The smallest absolute Gasteiger partial charge is 0.310 e. The average Bonchev–Trinajstić information content (AvgIpc) is 3.70. The standard InChI is InChI=1S/C36H48O5/c1-4-5-22-36(2,3)33(39)21-20-29-28(31(37)24-32(29)38)19-13-12-18-27-23-30(27)35(40)41-34(25-14-8-6-9-15-25)26-16-10-7-11-17-26/h6-17,20-21,27-34,37-39H,4-5,18-19,22-24H2,1-3H3/t27-,28-,29-,30-,31+,32-,33-/m1/s1. The van der Waals surface area contributed by atoms with Gasteiger partial charge >= 0.3 is 5.97 Å². The van der Waals surface area contributed by atoms with E-state index in [-0.39, 0.29) is 35.1 Å². The van der Waals surface area contributed by atoms with E-state index in [1.807, 2.05) is 72.8 Å². The number of ether oxygens (including phenoxy) is 1. The third-order valence-corrected chi connectivity index (χ3v) is 9.08. The topological polar surface area (TPSA) is 87.0 Å². The average molecular weight is 561 g/mol. The molecular weight excluding hydrogens is 512 g/mol. The Labute approximate surface area is 246 Å². The molecule has 2 fully saturated rings. The van der Waals surface area contributed by atoms with Crippen molar-refractivity contribution in [3.63, 3.8) is 0 Å². The minimum Gasteiger partial charge on any atom is -0.452 e. The zero-order valence-corrected chi connectivity index (χ0v) is 24.8. The lowest BCUT2D eigenvalue weighted by atomic mass is 9.80. The third-order valence-electron chi connectivity index (χ3n) is 9.08. The van der Waals surface area contributed by atoms with E-state index in [4.69, 9.17) is 4.74 Å². The van der Waals surface area contributed by atoms with Crippen LogP contribution in [0.15, 0.2) is 85.0 Å². The Morgan fingerprint density at radius 2 is 1.56 bits per heavy atom. The van der Waals surface area contributed by atoms with Gasteiger partial charge in [-0.3, -0.25) is 4.79 Å². The molecule has 0 saturated heterocycles. The fraction of sp³-hybridized carbons (Fsp3) is 0.528. The van der Waals surface area contributed by atoms with Crippen LogP contribution in [0.1, 0.15) is 82.9 Å². The molecule has 222 valence electrons. The Hall–Kier alpha value is -2.73. The highest BCUT2D eigenvalue weighted by Crippen LogP contribution is 2.44. The maximum atomic E-state index is 13.1. The van der Waals surface area contributed by atoms with Crippen LogP contribution in [0.2, 0.25) is 0 Å². The van der Waals surface area contributed by atoms with Crippen molar-refractivity contribution in [1.29, 1.82) is 0 Å². The Bertz CT molecular complexity index is 1100. The molecule has 41 heavy (non-hydrogen) atoms. The number of allylic oxidation sites excluding steroid dienone is 2. The molecule has 2 aromatic carbocycles. The SMILES string of the molecule is CCCCC(C)(C)[C@H](O)C=C[C@@H]1[C@@H](CC=CC[C@@H]2C[C@H]2C(=O)OC(c2ccccc2)c2ccccc2)[C@@H](O)C[C@H]1O. The van der Waals surface area contributed by atoms with E-state index in [2.05, 4.69) is 32.9 Å². The van der Waals surface area contributed by atoms with E-state index in [1.54, 1.807) is 0 Å². The van der Waals surface area contributed by atoms with Crippen molar-refractivity contribution in [2.75, 3.05) is 0 Å². The van der Waals surface area contributed by atoms with Crippen molar-refractivity contribution in [2.45, 2.75) is 90.1 Å². The fourth-order valence-corrected chi connectivity index (χ4v) is 6.09. The molecule has 3 N–H and O–H groups in total. The van der Waals surface area contributed by atoms with E-state index in [1.165, 1.54) is 0 Å². The first kappa shape index (κ1) is 31.2. The minimum absolute atomic E-state index is 0.0956. The second-order valence-electron chi connectivity index (χ2n) is 12.7. The van der Waals surface area contributed by atoms with Crippen LogP contribution in [-0.2, 0) is 9.53 Å². The van der Waals surface area contributed by atoms with Crippen molar-refractivity contribution >= 4 is 5.97 Å². The Kier molecular flexibility index (Phi) is 11.0. The molecule has 0 aromatic heterocycles. The lowest BCUT2D eigenvalue weighted by Gasteiger charge is -2.29. The summed E-state index contributed by atoms with van der Waals surface area (Å²) < 4.78 is 6.04. The largest absolute Gasteiger partial charge is 0.452 e. The lowest BCUT2D eigenvalue weighted by molar-refractivity contribution is -0.149. The van der Waals surface area contributed by atoms with Gasteiger partial charge in [-0.2, -0.15) is 0 Å². The van der Waals surface area contributed by atoms with Gasteiger partial charge in [0.1, 0.15) is 0 Å². The molecule has 5 heteroatoms. The van der Waals surface area contributed by atoms with E-state index in [0.717, 1.165) is 43.2 Å². The number of carbonyl (C=O) groups excluding carboxylic acids is 1. The van der Waals surface area contributed by atoms with E-state index >= 15 is 0 Å². The number of hydrogen-bond acceptors (Lipinski definition) is 5. The monoisotopic (exact) mass is 560 g/mol. The number of esters is 1. The van der Waals surface area contributed by atoms with Crippen molar-refractivity contribution in [1.82, 2.24) is 0 Å². The quantitative estimate of drug-likeness (QED) is 0.175. The van der Waals surface area contributed by atoms with Crippen LogP contribution in [0.5, 0.6) is 0 Å². The summed E-state index contributed by atoms with van der Waals surface area (Å²) in [6.07, 6.45) is 11.4. The van der Waals surface area contributed by atoms with Crippen LogP contribution < -0.4 is 0 Å². The zero-order valence-electron chi connectivity index (χ0n) is 24.8. The second-order valence-corrected chi connectivity index (χ2v) is 12.7. The molecule has 2 aliphatic rings. The maximum absolute atomic E-state index is 13.1. The number of rotatable bonds is 14. The van der Waals surface area contributed by atoms with Gasteiger partial charge in [0.05, 0.1) is 24.2 Å². The molecule has 2 aromatic rings. The molecule has 4 rings (SSSR count). The third kappa shape index (κ3) is 8.41. The van der Waals surface area contributed by atoms with E-state index in [9.17, 15) is 20.1 Å². The minimum atomic E-state index is -0.615. The van der Waals surface area contributed by atoms with Crippen LogP contribution >= 0.6 is 0 Å². The highest BCUT2D eigenvalue weighted by atomic mass is 16.5. The first-order valence-electron chi connectivity index (χ1n) is 15.4. The molecular formula is C36H48O5. The molecule has 0 heterocycles. The molecule has 0 amide bonds. The summed E-state index contributed by atoms with van der Waals surface area (Å²) in [4.78, 5) is 13.1. The van der Waals surface area contributed by atoms with Gasteiger partial charge in [0, 0.05) is 12.3 Å². The van der Waals surface area contributed by atoms with Crippen molar-refractivity contribution < 1.29 is 24.9 Å². The zero-order chi connectivity index (χ0) is 29.4. The Balaban J connectivity index is 1.28. The summed E-state index contributed by atoms with van der Waals surface area (Å²) in [7, 11) is 0. The van der Waals surface area contributed by atoms with Gasteiger partial charge in [0.25, 0.3) is 0 Å². The van der Waals surface area contributed by atoms with Gasteiger partial charge in [0.15, 0.2) is 6.10 Å². The molecule has 0 aliphatic heterocycles. The van der Waals surface area contributed by atoms with Crippen molar-refractivity contribution in [2.24, 2.45) is 29.1 Å². The van der Waals surface area contributed by atoms with Gasteiger partial charge in [-0.25, -0.2) is 0 Å². The van der Waals surface area contributed by atoms with Crippen molar-refractivity contribution in [3.8, 4) is 0 Å². The van der Waals surface area contributed by atoms with E-state index in [0.29, 0.717) is 12.8 Å². The van der Waals surface area contributed by atoms with Crippen molar-refractivity contribution in [3.05, 3.63) is 96.1 Å². The molecule has 0 spiro atoms. The molecule has 7 atom stereocenters.